The zero-order chi connectivity index (χ0) is 21.7. The van der Waals surface area contributed by atoms with Gasteiger partial charge in [0.05, 0.1) is 22.9 Å². The van der Waals surface area contributed by atoms with Gasteiger partial charge in [0.15, 0.2) is 16.4 Å². The van der Waals surface area contributed by atoms with Gasteiger partial charge < -0.3 is 9.64 Å². The Bertz CT molecular complexity index is 1000. The summed E-state index contributed by atoms with van der Waals surface area (Å²) in [5, 5.41) is 0.604. The van der Waals surface area contributed by atoms with Gasteiger partial charge in [0.2, 0.25) is 0 Å². The molecular weight excluding hydrogens is 426 g/mol. The Labute approximate surface area is 180 Å². The average Bonchev–Trinajstić information content (AvgIpc) is 3.29. The monoisotopic (exact) mass is 451 g/mol. The molecule has 8 nitrogen and oxygen atoms in total. The SMILES string of the molecule is CCCCN(C(=O)COC(=O)c1sc(-c2ccccn2)nc1C)[C@H]1CCS(=O)(=O)C1. The number of carbonyl (C=O) groups excluding carboxylic acids is 2. The summed E-state index contributed by atoms with van der Waals surface area (Å²) < 4.78 is 28.9. The van der Waals surface area contributed by atoms with E-state index >= 15 is 0 Å². The first kappa shape index (κ1) is 22.4. The quantitative estimate of drug-likeness (QED) is 0.568. The summed E-state index contributed by atoms with van der Waals surface area (Å²) in [7, 11) is -3.12. The Hall–Kier alpha value is -2.33. The molecule has 3 rings (SSSR count). The van der Waals surface area contributed by atoms with E-state index in [1.54, 1.807) is 30.2 Å². The van der Waals surface area contributed by atoms with Gasteiger partial charge in [0.25, 0.3) is 5.91 Å². The normalized spacial score (nSPS) is 17.6. The number of hydrogen-bond acceptors (Lipinski definition) is 8. The Kier molecular flexibility index (Phi) is 7.19. The lowest BCUT2D eigenvalue weighted by molar-refractivity contribution is -0.136. The van der Waals surface area contributed by atoms with Crippen LogP contribution in [-0.2, 0) is 19.4 Å². The van der Waals surface area contributed by atoms with Crippen molar-refractivity contribution in [2.24, 2.45) is 0 Å². The zero-order valence-electron chi connectivity index (χ0n) is 17.0. The maximum absolute atomic E-state index is 12.7. The second-order valence-electron chi connectivity index (χ2n) is 7.22. The van der Waals surface area contributed by atoms with Gasteiger partial charge in [-0.1, -0.05) is 19.4 Å². The van der Waals surface area contributed by atoms with E-state index in [0.717, 1.165) is 12.8 Å². The van der Waals surface area contributed by atoms with Crippen LogP contribution in [0.4, 0.5) is 0 Å². The Morgan fingerprint density at radius 3 is 2.77 bits per heavy atom. The molecule has 0 aromatic carbocycles. The molecule has 0 bridgehead atoms. The van der Waals surface area contributed by atoms with E-state index in [2.05, 4.69) is 9.97 Å². The van der Waals surface area contributed by atoms with Crippen LogP contribution >= 0.6 is 11.3 Å². The zero-order valence-corrected chi connectivity index (χ0v) is 18.7. The van der Waals surface area contributed by atoms with E-state index in [1.807, 2.05) is 13.0 Å². The Morgan fingerprint density at radius 2 is 2.13 bits per heavy atom. The lowest BCUT2D eigenvalue weighted by Crippen LogP contribution is -2.43. The number of thiazole rings is 1. The van der Waals surface area contributed by atoms with Crippen LogP contribution < -0.4 is 0 Å². The van der Waals surface area contributed by atoms with Gasteiger partial charge in [-0.05, 0) is 31.9 Å². The predicted molar refractivity (Wildman–Crippen MR) is 114 cm³/mol. The topological polar surface area (TPSA) is 107 Å². The number of amides is 1. The molecule has 0 spiro atoms. The van der Waals surface area contributed by atoms with Crippen molar-refractivity contribution in [3.05, 3.63) is 35.0 Å². The smallest absolute Gasteiger partial charge is 0.350 e. The van der Waals surface area contributed by atoms with Crippen LogP contribution in [0.25, 0.3) is 10.7 Å². The Balaban J connectivity index is 1.65. The summed E-state index contributed by atoms with van der Waals surface area (Å²) in [5.74, 6) is -0.928. The summed E-state index contributed by atoms with van der Waals surface area (Å²) in [6.07, 6.45) is 3.71. The van der Waals surface area contributed by atoms with E-state index in [4.69, 9.17) is 4.74 Å². The van der Waals surface area contributed by atoms with E-state index in [0.29, 0.717) is 34.2 Å². The molecule has 1 fully saturated rings. The molecule has 0 aliphatic carbocycles. The third kappa shape index (κ3) is 5.42. The number of unbranched alkanes of at least 4 members (excludes halogenated alkanes) is 1. The molecule has 0 unspecified atom stereocenters. The maximum atomic E-state index is 12.7. The molecule has 30 heavy (non-hydrogen) atoms. The van der Waals surface area contributed by atoms with Gasteiger partial charge in [-0.15, -0.1) is 11.3 Å². The highest BCUT2D eigenvalue weighted by Gasteiger charge is 2.34. The summed E-state index contributed by atoms with van der Waals surface area (Å²) >= 11 is 1.17. The summed E-state index contributed by atoms with van der Waals surface area (Å²) in [4.78, 5) is 35.8. The highest BCUT2D eigenvalue weighted by Crippen LogP contribution is 2.27. The largest absolute Gasteiger partial charge is 0.451 e. The fourth-order valence-corrected chi connectivity index (χ4v) is 5.99. The van der Waals surface area contributed by atoms with Crippen LogP contribution in [-0.4, -0.2) is 65.9 Å². The number of aromatic nitrogens is 2. The Morgan fingerprint density at radius 1 is 1.33 bits per heavy atom. The molecule has 1 atom stereocenters. The van der Waals surface area contributed by atoms with Crippen LogP contribution in [0, 0.1) is 6.92 Å². The van der Waals surface area contributed by atoms with Crippen molar-refractivity contribution in [1.29, 1.82) is 0 Å². The minimum atomic E-state index is -3.12. The van der Waals surface area contributed by atoms with Gasteiger partial charge in [-0.3, -0.25) is 9.78 Å². The lowest BCUT2D eigenvalue weighted by Gasteiger charge is -2.28. The number of carbonyl (C=O) groups is 2. The fourth-order valence-electron chi connectivity index (χ4n) is 3.32. The van der Waals surface area contributed by atoms with Gasteiger partial charge in [0.1, 0.15) is 9.88 Å². The lowest BCUT2D eigenvalue weighted by atomic mass is 10.2. The number of sulfone groups is 1. The van der Waals surface area contributed by atoms with Crippen molar-refractivity contribution < 1.29 is 22.7 Å². The number of ether oxygens (including phenoxy) is 1. The third-order valence-corrected chi connectivity index (χ3v) is 7.83. The number of aryl methyl sites for hydroxylation is 1. The minimum absolute atomic E-state index is 0.0300. The van der Waals surface area contributed by atoms with Crippen molar-refractivity contribution in [2.75, 3.05) is 24.7 Å². The van der Waals surface area contributed by atoms with Crippen molar-refractivity contribution in [3.8, 4) is 10.7 Å². The summed E-state index contributed by atoms with van der Waals surface area (Å²) in [6.45, 7) is 3.74. The molecule has 10 heteroatoms. The van der Waals surface area contributed by atoms with Gasteiger partial charge in [-0.2, -0.15) is 0 Å². The van der Waals surface area contributed by atoms with Crippen LogP contribution in [0.15, 0.2) is 24.4 Å². The maximum Gasteiger partial charge on any atom is 0.350 e. The number of rotatable bonds is 8. The third-order valence-electron chi connectivity index (χ3n) is 4.91. The van der Waals surface area contributed by atoms with E-state index < -0.39 is 22.4 Å². The molecule has 0 N–H and O–H groups in total. The highest BCUT2D eigenvalue weighted by atomic mass is 32.2. The molecule has 162 valence electrons. The molecule has 0 saturated carbocycles. The molecule has 1 aliphatic heterocycles. The molecule has 1 saturated heterocycles. The van der Waals surface area contributed by atoms with Gasteiger partial charge >= 0.3 is 5.97 Å². The van der Waals surface area contributed by atoms with Crippen molar-refractivity contribution >= 4 is 33.1 Å². The van der Waals surface area contributed by atoms with Crippen molar-refractivity contribution in [3.63, 3.8) is 0 Å². The standard InChI is InChI=1S/C20H25N3O5S2/c1-3-4-10-23(15-8-11-30(26,27)13-15)17(24)12-28-20(25)18-14(2)22-19(29-18)16-7-5-6-9-21-16/h5-7,9,15H,3-4,8,10-13H2,1-2H3/t15-/m0/s1. The minimum Gasteiger partial charge on any atom is -0.451 e. The number of hydrogen-bond donors (Lipinski definition) is 0. The number of esters is 1. The molecule has 1 aliphatic rings. The van der Waals surface area contributed by atoms with Crippen molar-refractivity contribution in [2.45, 2.75) is 39.2 Å². The first-order valence-electron chi connectivity index (χ1n) is 9.86. The van der Waals surface area contributed by atoms with Crippen LogP contribution in [0.5, 0.6) is 0 Å². The van der Waals surface area contributed by atoms with Crippen LogP contribution in [0.2, 0.25) is 0 Å². The van der Waals surface area contributed by atoms with Crippen LogP contribution in [0.1, 0.15) is 41.6 Å². The summed E-state index contributed by atoms with van der Waals surface area (Å²) in [6, 6.07) is 5.08. The van der Waals surface area contributed by atoms with E-state index in [-0.39, 0.29) is 23.5 Å². The molecule has 2 aromatic heterocycles. The summed E-state index contributed by atoms with van der Waals surface area (Å²) in [5.41, 5.74) is 1.18. The number of pyridine rings is 1. The second-order valence-corrected chi connectivity index (χ2v) is 10.5. The van der Waals surface area contributed by atoms with Crippen LogP contribution in [0.3, 0.4) is 0 Å². The van der Waals surface area contributed by atoms with Gasteiger partial charge in [-0.25, -0.2) is 18.2 Å². The average molecular weight is 452 g/mol. The molecule has 3 heterocycles. The molecule has 1 amide bonds. The molecule has 0 radical (unpaired) electrons. The highest BCUT2D eigenvalue weighted by molar-refractivity contribution is 7.91. The van der Waals surface area contributed by atoms with Gasteiger partial charge in [0, 0.05) is 18.8 Å². The fraction of sp³-hybridized carbons (Fsp3) is 0.500. The predicted octanol–water partition coefficient (Wildman–Crippen LogP) is 2.49. The van der Waals surface area contributed by atoms with E-state index in [1.165, 1.54) is 11.3 Å². The first-order chi connectivity index (χ1) is 14.3. The molecule has 2 aromatic rings. The van der Waals surface area contributed by atoms with E-state index in [9.17, 15) is 18.0 Å². The first-order valence-corrected chi connectivity index (χ1v) is 12.5. The van der Waals surface area contributed by atoms with Crippen molar-refractivity contribution in [1.82, 2.24) is 14.9 Å². The second kappa shape index (κ2) is 9.65. The molecular formula is C20H25N3O5S2. The number of nitrogens with zero attached hydrogens (tertiary/aromatic N) is 3.